The third kappa shape index (κ3) is 3.30. The molecule has 0 amide bonds. The van der Waals surface area contributed by atoms with Gasteiger partial charge in [-0.1, -0.05) is 0 Å². The van der Waals surface area contributed by atoms with Gasteiger partial charge in [-0.25, -0.2) is 8.42 Å². The Kier molecular flexibility index (Phi) is 4.45. The second kappa shape index (κ2) is 5.82. The van der Waals surface area contributed by atoms with Crippen LogP contribution in [0.3, 0.4) is 0 Å². The summed E-state index contributed by atoms with van der Waals surface area (Å²) in [7, 11) is -5.30. The van der Waals surface area contributed by atoms with Crippen LogP contribution in [0.5, 0.6) is 0 Å². The molecule has 1 aromatic carbocycles. The van der Waals surface area contributed by atoms with Gasteiger partial charge in [0.15, 0.2) is 0 Å². The molecule has 0 aliphatic carbocycles. The molecule has 1 fully saturated rings. The minimum absolute atomic E-state index is 0.141. The van der Waals surface area contributed by atoms with Crippen LogP contribution in [0.15, 0.2) is 29.2 Å². The van der Waals surface area contributed by atoms with Gasteiger partial charge >= 0.3 is 5.51 Å². The average molecular weight is 324 g/mol. The highest BCUT2D eigenvalue weighted by atomic mass is 32.2. The molecule has 2 rings (SSSR count). The minimum Gasteiger partial charge on any atom is -0.373 e. The molecule has 0 aromatic heterocycles. The maximum atomic E-state index is 12.4. The number of nitrogens with two attached hydrogens (primary N) is 1. The number of sulfone groups is 1. The fraction of sp³-hybridized carbons (Fsp3) is 0.500. The van der Waals surface area contributed by atoms with E-state index in [2.05, 4.69) is 0 Å². The smallest absolute Gasteiger partial charge is 0.373 e. The second-order valence-corrected chi connectivity index (χ2v) is 6.56. The molecule has 1 unspecified atom stereocenters. The van der Waals surface area contributed by atoms with Crippen LogP contribution in [0.2, 0.25) is 0 Å². The van der Waals surface area contributed by atoms with Crippen LogP contribution in [-0.2, 0) is 14.6 Å². The molecule has 9 heteroatoms. The summed E-state index contributed by atoms with van der Waals surface area (Å²) in [4.78, 5) is 1.13. The van der Waals surface area contributed by atoms with Crippen LogP contribution in [0, 0.1) is 0 Å². The minimum atomic E-state index is -5.30. The number of rotatable bonds is 3. The average Bonchev–Trinajstić information content (AvgIpc) is 2.46. The molecule has 0 radical (unpaired) electrons. The van der Waals surface area contributed by atoms with Crippen LogP contribution >= 0.6 is 0 Å². The van der Waals surface area contributed by atoms with Crippen molar-refractivity contribution in [1.29, 1.82) is 0 Å². The molecule has 0 bridgehead atoms. The van der Waals surface area contributed by atoms with Crippen LogP contribution < -0.4 is 10.6 Å². The molecule has 1 atom stereocenters. The molecule has 1 heterocycles. The highest BCUT2D eigenvalue weighted by molar-refractivity contribution is 7.92. The fourth-order valence-corrected chi connectivity index (χ4v) is 2.83. The Bertz CT molecular complexity index is 587. The molecule has 1 aliphatic rings. The molecule has 21 heavy (non-hydrogen) atoms. The van der Waals surface area contributed by atoms with Crippen LogP contribution in [0.1, 0.15) is 0 Å². The summed E-state index contributed by atoms with van der Waals surface area (Å²) in [6, 6.07) is 4.64. The Morgan fingerprint density at radius 3 is 2.43 bits per heavy atom. The van der Waals surface area contributed by atoms with Crippen LogP contribution in [-0.4, -0.2) is 46.3 Å². The van der Waals surface area contributed by atoms with Gasteiger partial charge in [0.05, 0.1) is 17.6 Å². The number of alkyl halides is 3. The molecule has 5 nitrogen and oxygen atoms in total. The van der Waals surface area contributed by atoms with Crippen LogP contribution in [0.25, 0.3) is 0 Å². The predicted octanol–water partition coefficient (Wildman–Crippen LogP) is 1.14. The van der Waals surface area contributed by atoms with Crippen molar-refractivity contribution in [2.45, 2.75) is 16.5 Å². The Morgan fingerprint density at radius 2 is 1.90 bits per heavy atom. The van der Waals surface area contributed by atoms with Crippen molar-refractivity contribution in [3.63, 3.8) is 0 Å². The van der Waals surface area contributed by atoms with E-state index in [9.17, 15) is 21.6 Å². The van der Waals surface area contributed by atoms with E-state index in [1.165, 1.54) is 12.1 Å². The summed E-state index contributed by atoms with van der Waals surface area (Å²) in [6.07, 6.45) is -0.141. The van der Waals surface area contributed by atoms with Gasteiger partial charge in [-0.15, -0.1) is 0 Å². The number of benzene rings is 1. The number of halogens is 3. The molecule has 1 saturated heterocycles. The molecule has 0 saturated carbocycles. The maximum Gasteiger partial charge on any atom is 0.501 e. The number of hydrogen-bond acceptors (Lipinski definition) is 5. The van der Waals surface area contributed by atoms with Crippen LogP contribution in [0.4, 0.5) is 18.9 Å². The molecule has 2 N–H and O–H groups in total. The summed E-state index contributed by atoms with van der Waals surface area (Å²) in [5, 5.41) is 0. The van der Waals surface area contributed by atoms with Gasteiger partial charge in [0.1, 0.15) is 0 Å². The van der Waals surface area contributed by atoms with Crippen molar-refractivity contribution < 1.29 is 26.3 Å². The molecule has 118 valence electrons. The van der Waals surface area contributed by atoms with Gasteiger partial charge in [-0.2, -0.15) is 13.2 Å². The zero-order valence-electron chi connectivity index (χ0n) is 11.0. The lowest BCUT2D eigenvalue weighted by Gasteiger charge is -2.34. The number of anilines is 1. The van der Waals surface area contributed by atoms with Gasteiger partial charge in [0.25, 0.3) is 9.84 Å². The Labute approximate surface area is 120 Å². The number of hydrogen-bond donors (Lipinski definition) is 1. The first-order chi connectivity index (χ1) is 9.75. The standard InChI is InChI=1S/C12H15F3N2O3S/c13-12(14,15)21(18,19)11-3-1-9(2-4-11)17-5-6-20-10(7-16)8-17/h1-4,10H,5-8,16H2. The topological polar surface area (TPSA) is 72.6 Å². The van der Waals surface area contributed by atoms with E-state index >= 15 is 0 Å². The predicted molar refractivity (Wildman–Crippen MR) is 70.7 cm³/mol. The highest BCUT2D eigenvalue weighted by Crippen LogP contribution is 2.31. The van der Waals surface area contributed by atoms with Crippen molar-refractivity contribution in [1.82, 2.24) is 0 Å². The van der Waals surface area contributed by atoms with Crippen molar-refractivity contribution in [3.05, 3.63) is 24.3 Å². The van der Waals surface area contributed by atoms with Crippen molar-refractivity contribution in [2.75, 3.05) is 31.1 Å². The molecular weight excluding hydrogens is 309 g/mol. The zero-order valence-corrected chi connectivity index (χ0v) is 11.8. The zero-order chi connectivity index (χ0) is 15.7. The molecular formula is C12H15F3N2O3S. The maximum absolute atomic E-state index is 12.4. The Morgan fingerprint density at radius 1 is 1.29 bits per heavy atom. The van der Waals surface area contributed by atoms with E-state index in [1.54, 1.807) is 0 Å². The van der Waals surface area contributed by atoms with Crippen molar-refractivity contribution in [2.24, 2.45) is 5.73 Å². The normalized spacial score (nSPS) is 20.6. The third-order valence-corrected chi connectivity index (χ3v) is 4.72. The van der Waals surface area contributed by atoms with Gasteiger partial charge in [-0.05, 0) is 24.3 Å². The quantitative estimate of drug-likeness (QED) is 0.903. The summed E-state index contributed by atoms with van der Waals surface area (Å²) in [6.45, 7) is 1.89. The number of morpholine rings is 1. The number of ether oxygens (including phenoxy) is 1. The van der Waals surface area contributed by atoms with Gasteiger partial charge in [-0.3, -0.25) is 0 Å². The molecule has 0 spiro atoms. The van der Waals surface area contributed by atoms with Gasteiger partial charge in [0, 0.05) is 25.3 Å². The summed E-state index contributed by atoms with van der Waals surface area (Å²) >= 11 is 0. The first-order valence-electron chi connectivity index (χ1n) is 6.24. The van der Waals surface area contributed by atoms with E-state index in [-0.39, 0.29) is 6.10 Å². The van der Waals surface area contributed by atoms with E-state index < -0.39 is 20.2 Å². The van der Waals surface area contributed by atoms with Crippen molar-refractivity contribution in [3.8, 4) is 0 Å². The summed E-state index contributed by atoms with van der Waals surface area (Å²) in [5.41, 5.74) is 0.860. The SMILES string of the molecule is NCC1CN(c2ccc(S(=O)(=O)C(F)(F)F)cc2)CCO1. The van der Waals surface area contributed by atoms with E-state index in [1.807, 2.05) is 4.90 Å². The van der Waals surface area contributed by atoms with Gasteiger partial charge in [0.2, 0.25) is 0 Å². The second-order valence-electron chi connectivity index (χ2n) is 4.62. The van der Waals surface area contributed by atoms with E-state index in [0.29, 0.717) is 31.9 Å². The summed E-state index contributed by atoms with van der Waals surface area (Å²) < 4.78 is 65.2. The lowest BCUT2D eigenvalue weighted by molar-refractivity contribution is -0.0436. The molecule has 1 aliphatic heterocycles. The lowest BCUT2D eigenvalue weighted by Crippen LogP contribution is -2.45. The highest BCUT2D eigenvalue weighted by Gasteiger charge is 2.46. The molecule has 1 aromatic rings. The largest absolute Gasteiger partial charge is 0.501 e. The first kappa shape index (κ1) is 16.1. The lowest BCUT2D eigenvalue weighted by atomic mass is 10.2. The third-order valence-electron chi connectivity index (χ3n) is 3.22. The summed E-state index contributed by atoms with van der Waals surface area (Å²) in [5.74, 6) is 0. The Balaban J connectivity index is 2.20. The first-order valence-corrected chi connectivity index (χ1v) is 7.72. The van der Waals surface area contributed by atoms with E-state index in [0.717, 1.165) is 12.1 Å². The fourth-order valence-electron chi connectivity index (χ4n) is 2.07. The van der Waals surface area contributed by atoms with Crippen molar-refractivity contribution >= 4 is 15.5 Å². The monoisotopic (exact) mass is 324 g/mol. The number of nitrogens with zero attached hydrogens (tertiary/aromatic N) is 1. The van der Waals surface area contributed by atoms with E-state index in [4.69, 9.17) is 10.5 Å². The van der Waals surface area contributed by atoms with Gasteiger partial charge < -0.3 is 15.4 Å². The Hall–Kier alpha value is -1.32.